The van der Waals surface area contributed by atoms with Crippen LogP contribution in [0.5, 0.6) is 0 Å². The standard InChI is InChI=1S/C17H12N2O3/c20-15-14(12-8-4-1-2-5-9-12)16(21)19(17(22)18-15)13-10-6-3-7-11-13/h1-11H,(H,18,20,22). The van der Waals surface area contributed by atoms with Crippen molar-refractivity contribution in [1.29, 1.82) is 0 Å². The summed E-state index contributed by atoms with van der Waals surface area (Å²) in [7, 11) is 0. The Morgan fingerprint density at radius 2 is 1.45 bits per heavy atom. The number of hydrogen-bond acceptors (Lipinski definition) is 3. The predicted octanol–water partition coefficient (Wildman–Crippen LogP) is 2.25. The molecule has 0 saturated carbocycles. The van der Waals surface area contributed by atoms with Crippen molar-refractivity contribution in [2.75, 3.05) is 4.90 Å². The summed E-state index contributed by atoms with van der Waals surface area (Å²) in [6.07, 6.45) is 10.3. The predicted molar refractivity (Wildman–Crippen MR) is 81.9 cm³/mol. The Labute approximate surface area is 126 Å². The van der Waals surface area contributed by atoms with Gasteiger partial charge in [0.15, 0.2) is 0 Å². The Bertz CT molecular complexity index is 752. The van der Waals surface area contributed by atoms with Gasteiger partial charge in [-0.1, -0.05) is 54.7 Å². The van der Waals surface area contributed by atoms with Gasteiger partial charge in [0.05, 0.1) is 5.69 Å². The zero-order chi connectivity index (χ0) is 15.5. The van der Waals surface area contributed by atoms with Gasteiger partial charge in [0, 0.05) is 0 Å². The van der Waals surface area contributed by atoms with Crippen molar-refractivity contribution in [3.05, 3.63) is 77.9 Å². The third kappa shape index (κ3) is 2.40. The molecule has 22 heavy (non-hydrogen) atoms. The molecule has 4 amide bonds. The lowest BCUT2D eigenvalue weighted by Gasteiger charge is -2.27. The van der Waals surface area contributed by atoms with Crippen LogP contribution in [0.1, 0.15) is 0 Å². The minimum atomic E-state index is -0.745. The van der Waals surface area contributed by atoms with Crippen molar-refractivity contribution in [3.8, 4) is 0 Å². The van der Waals surface area contributed by atoms with Gasteiger partial charge in [-0.25, -0.2) is 9.69 Å². The van der Waals surface area contributed by atoms with E-state index in [1.54, 1.807) is 66.8 Å². The first-order valence-corrected chi connectivity index (χ1v) is 6.69. The maximum absolute atomic E-state index is 12.7. The lowest BCUT2D eigenvalue weighted by atomic mass is 10.0. The molecule has 1 heterocycles. The number of imide groups is 2. The summed E-state index contributed by atoms with van der Waals surface area (Å²) in [5.41, 5.74) is 0.816. The molecule has 1 fully saturated rings. The fraction of sp³-hybridized carbons (Fsp3) is 0. The van der Waals surface area contributed by atoms with E-state index in [2.05, 4.69) is 5.32 Å². The van der Waals surface area contributed by atoms with Crippen molar-refractivity contribution in [2.24, 2.45) is 0 Å². The van der Waals surface area contributed by atoms with E-state index < -0.39 is 17.8 Å². The van der Waals surface area contributed by atoms with Gasteiger partial charge in [-0.05, 0) is 17.7 Å². The second-order valence-corrected chi connectivity index (χ2v) is 4.67. The Kier molecular flexibility index (Phi) is 3.53. The van der Waals surface area contributed by atoms with Crippen molar-refractivity contribution >= 4 is 23.5 Å². The van der Waals surface area contributed by atoms with Crippen LogP contribution < -0.4 is 10.2 Å². The van der Waals surface area contributed by atoms with E-state index in [0.29, 0.717) is 11.3 Å². The molecule has 1 aliphatic carbocycles. The number of urea groups is 1. The topological polar surface area (TPSA) is 66.5 Å². The lowest BCUT2D eigenvalue weighted by molar-refractivity contribution is -0.122. The van der Waals surface area contributed by atoms with Crippen LogP contribution in [0.4, 0.5) is 10.5 Å². The minimum Gasteiger partial charge on any atom is -0.273 e. The Balaban J connectivity index is 2.09. The SMILES string of the molecule is O=C1NC(=O)N(c2ccccc2)C(=O)C1=C1C=CC=CC=C1. The van der Waals surface area contributed by atoms with Gasteiger partial charge in [-0.2, -0.15) is 0 Å². The van der Waals surface area contributed by atoms with Crippen LogP contribution >= 0.6 is 0 Å². The molecule has 1 aliphatic heterocycles. The van der Waals surface area contributed by atoms with E-state index in [4.69, 9.17) is 0 Å². The molecular weight excluding hydrogens is 280 g/mol. The molecule has 3 rings (SSSR count). The van der Waals surface area contributed by atoms with Crippen LogP contribution in [0.3, 0.4) is 0 Å². The molecule has 1 saturated heterocycles. The zero-order valence-electron chi connectivity index (χ0n) is 11.5. The fourth-order valence-corrected chi connectivity index (χ4v) is 2.25. The number of barbiturate groups is 1. The number of nitrogens with one attached hydrogen (secondary N) is 1. The maximum Gasteiger partial charge on any atom is 0.335 e. The molecule has 0 spiro atoms. The van der Waals surface area contributed by atoms with E-state index >= 15 is 0 Å². The summed E-state index contributed by atoms with van der Waals surface area (Å²) >= 11 is 0. The van der Waals surface area contributed by atoms with Gasteiger partial charge in [0.2, 0.25) is 0 Å². The van der Waals surface area contributed by atoms with Crippen molar-refractivity contribution in [3.63, 3.8) is 0 Å². The smallest absolute Gasteiger partial charge is 0.273 e. The highest BCUT2D eigenvalue weighted by atomic mass is 16.2. The average molecular weight is 292 g/mol. The summed E-state index contributed by atoms with van der Waals surface area (Å²) < 4.78 is 0. The molecule has 0 aromatic heterocycles. The highest BCUT2D eigenvalue weighted by molar-refractivity contribution is 6.38. The lowest BCUT2D eigenvalue weighted by Crippen LogP contribution is -2.54. The summed E-state index contributed by atoms with van der Waals surface area (Å²) in [5, 5.41) is 2.21. The monoisotopic (exact) mass is 292 g/mol. The van der Waals surface area contributed by atoms with Crippen molar-refractivity contribution in [1.82, 2.24) is 5.32 Å². The molecule has 2 aliphatic rings. The number of allylic oxidation sites excluding steroid dienone is 7. The largest absolute Gasteiger partial charge is 0.335 e. The fourth-order valence-electron chi connectivity index (χ4n) is 2.25. The molecule has 1 aromatic carbocycles. The van der Waals surface area contributed by atoms with Crippen LogP contribution in [-0.4, -0.2) is 17.8 Å². The molecule has 5 heteroatoms. The van der Waals surface area contributed by atoms with E-state index in [1.807, 2.05) is 0 Å². The highest BCUT2D eigenvalue weighted by Crippen LogP contribution is 2.23. The molecule has 5 nitrogen and oxygen atoms in total. The van der Waals surface area contributed by atoms with Gasteiger partial charge >= 0.3 is 6.03 Å². The summed E-state index contributed by atoms with van der Waals surface area (Å²) in [5.74, 6) is -1.32. The minimum absolute atomic E-state index is 0.0559. The van der Waals surface area contributed by atoms with Crippen LogP contribution in [0.2, 0.25) is 0 Å². The van der Waals surface area contributed by atoms with Gasteiger partial charge in [0.1, 0.15) is 5.57 Å². The van der Waals surface area contributed by atoms with E-state index in [-0.39, 0.29) is 5.57 Å². The Hall–Kier alpha value is -3.21. The average Bonchev–Trinajstić information content (AvgIpc) is 2.77. The second-order valence-electron chi connectivity index (χ2n) is 4.67. The number of para-hydroxylation sites is 1. The van der Waals surface area contributed by atoms with Crippen LogP contribution in [0, 0.1) is 0 Å². The van der Waals surface area contributed by atoms with Crippen LogP contribution in [0.25, 0.3) is 0 Å². The first-order valence-electron chi connectivity index (χ1n) is 6.69. The molecule has 0 atom stereocenters. The number of benzene rings is 1. The number of carbonyl (C=O) groups excluding carboxylic acids is 3. The first-order chi connectivity index (χ1) is 10.7. The van der Waals surface area contributed by atoms with E-state index in [9.17, 15) is 14.4 Å². The van der Waals surface area contributed by atoms with E-state index in [0.717, 1.165) is 4.90 Å². The molecule has 1 N–H and O–H groups in total. The molecule has 0 unspecified atom stereocenters. The third-order valence-electron chi connectivity index (χ3n) is 3.26. The Morgan fingerprint density at radius 1 is 0.818 bits per heavy atom. The van der Waals surface area contributed by atoms with Gasteiger partial charge < -0.3 is 0 Å². The van der Waals surface area contributed by atoms with Crippen LogP contribution in [0.15, 0.2) is 77.9 Å². The second kappa shape index (κ2) is 5.65. The summed E-state index contributed by atoms with van der Waals surface area (Å²) in [4.78, 5) is 37.7. The number of carbonyl (C=O) groups is 3. The number of rotatable bonds is 1. The van der Waals surface area contributed by atoms with Gasteiger partial charge in [0.25, 0.3) is 11.8 Å². The van der Waals surface area contributed by atoms with Crippen molar-refractivity contribution < 1.29 is 14.4 Å². The first kappa shape index (κ1) is 13.8. The zero-order valence-corrected chi connectivity index (χ0v) is 11.5. The highest BCUT2D eigenvalue weighted by Gasteiger charge is 2.37. The molecule has 1 aromatic rings. The molecular formula is C17H12N2O3. The van der Waals surface area contributed by atoms with E-state index in [1.165, 1.54) is 0 Å². The maximum atomic E-state index is 12.7. The van der Waals surface area contributed by atoms with Crippen molar-refractivity contribution in [2.45, 2.75) is 0 Å². The third-order valence-corrected chi connectivity index (χ3v) is 3.26. The van der Waals surface area contributed by atoms with Gasteiger partial charge in [-0.3, -0.25) is 14.9 Å². The number of nitrogens with zero attached hydrogens (tertiary/aromatic N) is 1. The normalized spacial score (nSPS) is 17.8. The van der Waals surface area contributed by atoms with Crippen LogP contribution in [-0.2, 0) is 9.59 Å². The number of amides is 4. The Morgan fingerprint density at radius 3 is 2.09 bits per heavy atom. The molecule has 0 bridgehead atoms. The summed E-state index contributed by atoms with van der Waals surface area (Å²) in [6, 6.07) is 7.74. The van der Waals surface area contributed by atoms with Gasteiger partial charge in [-0.15, -0.1) is 0 Å². The number of hydrogen-bond donors (Lipinski definition) is 1. The summed E-state index contributed by atoms with van der Waals surface area (Å²) in [6.45, 7) is 0. The molecule has 108 valence electrons. The molecule has 0 radical (unpaired) electrons. The quantitative estimate of drug-likeness (QED) is 0.637. The number of anilines is 1.